The molecule has 2 amide bonds. The van der Waals surface area contributed by atoms with Crippen LogP contribution in [0.3, 0.4) is 0 Å². The minimum atomic E-state index is -4.67. The van der Waals surface area contributed by atoms with E-state index in [1.165, 1.54) is 25.3 Å². The Morgan fingerprint density at radius 2 is 1.97 bits per heavy atom. The van der Waals surface area contributed by atoms with Gasteiger partial charge < -0.3 is 20.5 Å². The van der Waals surface area contributed by atoms with Gasteiger partial charge in [0, 0.05) is 17.3 Å². The molecule has 11 heteroatoms. The van der Waals surface area contributed by atoms with Gasteiger partial charge in [-0.1, -0.05) is 12.1 Å². The number of hydrogen-bond donors (Lipinski definition) is 3. The van der Waals surface area contributed by atoms with Crippen molar-refractivity contribution in [2.75, 3.05) is 12.4 Å². The number of nitrogens with zero attached hydrogens (tertiary/aromatic N) is 2. The second-order valence-electron chi connectivity index (χ2n) is 6.40. The summed E-state index contributed by atoms with van der Waals surface area (Å²) in [6.07, 6.45) is -4.67. The van der Waals surface area contributed by atoms with Crippen LogP contribution in [-0.2, 0) is 19.3 Å². The second kappa shape index (κ2) is 9.04. The number of nitrogens with one attached hydrogen (secondary N) is 2. The molecule has 31 heavy (non-hydrogen) atoms. The molecule has 164 valence electrons. The summed E-state index contributed by atoms with van der Waals surface area (Å²) in [5.41, 5.74) is -0.558. The monoisotopic (exact) mass is 438 g/mol. The number of aliphatic hydroxyl groups is 1. The molecule has 0 aliphatic rings. The van der Waals surface area contributed by atoms with Crippen LogP contribution in [0.1, 0.15) is 17.0 Å². The molecule has 0 unspecified atom stereocenters. The molecule has 0 saturated carbocycles. The first kappa shape index (κ1) is 22.1. The Kier molecular flexibility index (Phi) is 6.44. The number of hydrogen-bond acceptors (Lipinski definition) is 4. The number of carbonyl (C=O) groups excluding carboxylic acids is 1. The highest BCUT2D eigenvalue weighted by atomic mass is 19.4. The quantitative estimate of drug-likeness (QED) is 0.510. The first-order chi connectivity index (χ1) is 14.7. The SMILES string of the molecule is COc1cccc(-n2nc(C(F)(F)F)cc2CNC(=O)Nc2ccc(CO)c(F)c2)c1. The van der Waals surface area contributed by atoms with Gasteiger partial charge in [-0.2, -0.15) is 18.3 Å². The molecule has 0 bridgehead atoms. The lowest BCUT2D eigenvalue weighted by atomic mass is 10.2. The second-order valence-corrected chi connectivity index (χ2v) is 6.40. The lowest BCUT2D eigenvalue weighted by molar-refractivity contribution is -0.141. The van der Waals surface area contributed by atoms with Gasteiger partial charge in [0.2, 0.25) is 0 Å². The van der Waals surface area contributed by atoms with E-state index in [0.717, 1.165) is 16.8 Å². The third-order valence-corrected chi connectivity index (χ3v) is 4.28. The van der Waals surface area contributed by atoms with E-state index in [1.54, 1.807) is 18.2 Å². The van der Waals surface area contributed by atoms with Gasteiger partial charge in [-0.05, 0) is 30.3 Å². The fraction of sp³-hybridized carbons (Fsp3) is 0.200. The van der Waals surface area contributed by atoms with Gasteiger partial charge in [0.15, 0.2) is 5.69 Å². The zero-order valence-electron chi connectivity index (χ0n) is 16.2. The smallest absolute Gasteiger partial charge is 0.435 e. The average molecular weight is 438 g/mol. The maximum atomic E-state index is 13.7. The highest BCUT2D eigenvalue weighted by Crippen LogP contribution is 2.30. The third-order valence-electron chi connectivity index (χ3n) is 4.28. The van der Waals surface area contributed by atoms with Crippen molar-refractivity contribution in [1.82, 2.24) is 15.1 Å². The van der Waals surface area contributed by atoms with Crippen molar-refractivity contribution in [1.29, 1.82) is 0 Å². The number of alkyl halides is 3. The highest BCUT2D eigenvalue weighted by molar-refractivity contribution is 5.89. The Labute approximate surface area is 174 Å². The van der Waals surface area contributed by atoms with Crippen LogP contribution < -0.4 is 15.4 Å². The van der Waals surface area contributed by atoms with Crippen molar-refractivity contribution < 1.29 is 32.2 Å². The molecule has 3 rings (SSSR count). The minimum absolute atomic E-state index is 0.0628. The Balaban J connectivity index is 1.79. The molecule has 7 nitrogen and oxygen atoms in total. The van der Waals surface area contributed by atoms with Gasteiger partial charge in [0.25, 0.3) is 0 Å². The van der Waals surface area contributed by atoms with Crippen molar-refractivity contribution >= 4 is 11.7 Å². The molecule has 1 heterocycles. The third kappa shape index (κ3) is 5.31. The van der Waals surface area contributed by atoms with Gasteiger partial charge in [0.1, 0.15) is 11.6 Å². The Bertz CT molecular complexity index is 1080. The maximum Gasteiger partial charge on any atom is 0.435 e. The van der Waals surface area contributed by atoms with Gasteiger partial charge >= 0.3 is 12.2 Å². The van der Waals surface area contributed by atoms with E-state index in [0.29, 0.717) is 11.4 Å². The van der Waals surface area contributed by atoms with Crippen LogP contribution in [0.5, 0.6) is 5.75 Å². The van der Waals surface area contributed by atoms with E-state index >= 15 is 0 Å². The van der Waals surface area contributed by atoms with Crippen LogP contribution in [0.4, 0.5) is 28.0 Å². The molecular weight excluding hydrogens is 420 g/mol. The number of carbonyl (C=O) groups is 1. The number of amides is 2. The molecule has 0 spiro atoms. The van der Waals surface area contributed by atoms with Crippen LogP contribution in [0.2, 0.25) is 0 Å². The van der Waals surface area contributed by atoms with E-state index in [2.05, 4.69) is 15.7 Å². The molecule has 0 saturated heterocycles. The van der Waals surface area contributed by atoms with Crippen molar-refractivity contribution in [2.24, 2.45) is 0 Å². The number of methoxy groups -OCH3 is 1. The summed E-state index contributed by atoms with van der Waals surface area (Å²) < 4.78 is 59.4. The normalized spacial score (nSPS) is 11.3. The summed E-state index contributed by atoms with van der Waals surface area (Å²) >= 11 is 0. The standard InChI is InChI=1S/C20H18F4N4O3/c1-31-16-4-2-3-14(8-16)28-15(9-18(27-28)20(22,23)24)10-25-19(30)26-13-6-5-12(11-29)17(21)7-13/h2-9,29H,10-11H2,1H3,(H2,25,26,30). The van der Waals surface area contributed by atoms with E-state index in [4.69, 9.17) is 9.84 Å². The van der Waals surface area contributed by atoms with Crippen molar-refractivity contribution in [3.05, 3.63) is 71.3 Å². The molecule has 0 aliphatic carbocycles. The molecule has 0 aliphatic heterocycles. The van der Waals surface area contributed by atoms with Crippen molar-refractivity contribution in [3.8, 4) is 11.4 Å². The number of aliphatic hydroxyl groups excluding tert-OH is 1. The topological polar surface area (TPSA) is 88.4 Å². The molecule has 0 atom stereocenters. The summed E-state index contributed by atoms with van der Waals surface area (Å²) in [5.74, 6) is -0.280. The van der Waals surface area contributed by atoms with Crippen LogP contribution in [0.15, 0.2) is 48.5 Å². The summed E-state index contributed by atoms with van der Waals surface area (Å²) in [6.45, 7) is -0.780. The summed E-state index contributed by atoms with van der Waals surface area (Å²) in [5, 5.41) is 17.4. The van der Waals surface area contributed by atoms with Gasteiger partial charge in [-0.25, -0.2) is 13.9 Å². The van der Waals surface area contributed by atoms with E-state index in [-0.39, 0.29) is 23.5 Å². The number of anilines is 1. The van der Waals surface area contributed by atoms with Crippen LogP contribution in [-0.4, -0.2) is 28.0 Å². The summed E-state index contributed by atoms with van der Waals surface area (Å²) in [4.78, 5) is 12.1. The molecule has 3 N–H and O–H groups in total. The van der Waals surface area contributed by atoms with Gasteiger partial charge in [-0.3, -0.25) is 0 Å². The van der Waals surface area contributed by atoms with Crippen LogP contribution in [0, 0.1) is 5.82 Å². The van der Waals surface area contributed by atoms with E-state index in [1.807, 2.05) is 0 Å². The van der Waals surface area contributed by atoms with Crippen LogP contribution >= 0.6 is 0 Å². The average Bonchev–Trinajstić information content (AvgIpc) is 3.17. The van der Waals surface area contributed by atoms with Gasteiger partial charge in [-0.15, -0.1) is 0 Å². The Morgan fingerprint density at radius 1 is 1.19 bits per heavy atom. The first-order valence-corrected chi connectivity index (χ1v) is 8.96. The summed E-state index contributed by atoms with van der Waals surface area (Å²) in [6, 6.07) is 10.1. The maximum absolute atomic E-state index is 13.7. The number of aromatic nitrogens is 2. The van der Waals surface area contributed by atoms with E-state index in [9.17, 15) is 22.4 Å². The Morgan fingerprint density at radius 3 is 2.61 bits per heavy atom. The predicted molar refractivity (Wildman–Crippen MR) is 103 cm³/mol. The Hall–Kier alpha value is -3.60. The zero-order chi connectivity index (χ0) is 22.6. The molecule has 1 aromatic heterocycles. The molecule has 3 aromatic rings. The molecule has 0 radical (unpaired) electrons. The highest BCUT2D eigenvalue weighted by Gasteiger charge is 2.35. The van der Waals surface area contributed by atoms with Crippen molar-refractivity contribution in [2.45, 2.75) is 19.3 Å². The fourth-order valence-corrected chi connectivity index (χ4v) is 2.75. The lowest BCUT2D eigenvalue weighted by Gasteiger charge is -2.11. The van der Waals surface area contributed by atoms with E-state index < -0.39 is 30.3 Å². The molecular formula is C20H18F4N4O3. The lowest BCUT2D eigenvalue weighted by Crippen LogP contribution is -2.29. The number of benzene rings is 2. The first-order valence-electron chi connectivity index (χ1n) is 8.96. The minimum Gasteiger partial charge on any atom is -0.497 e. The molecule has 2 aromatic carbocycles. The fourth-order valence-electron chi connectivity index (χ4n) is 2.75. The van der Waals surface area contributed by atoms with Crippen LogP contribution in [0.25, 0.3) is 5.69 Å². The zero-order valence-corrected chi connectivity index (χ0v) is 16.2. The van der Waals surface area contributed by atoms with Gasteiger partial charge in [0.05, 0.1) is 31.6 Å². The van der Waals surface area contributed by atoms with Crippen molar-refractivity contribution in [3.63, 3.8) is 0 Å². The molecule has 0 fully saturated rings. The largest absolute Gasteiger partial charge is 0.497 e. The predicted octanol–water partition coefficient (Wildman–Crippen LogP) is 3.85. The number of halogens is 4. The summed E-state index contributed by atoms with van der Waals surface area (Å²) in [7, 11) is 1.42. The number of ether oxygens (including phenoxy) is 1. The number of urea groups is 1. The number of rotatable bonds is 6.